The van der Waals surface area contributed by atoms with Crippen LogP contribution in [0.3, 0.4) is 0 Å². The molecule has 0 aliphatic carbocycles. The number of benzene rings is 1. The molecule has 1 aliphatic heterocycles. The molecule has 94 valence electrons. The molecular formula is C13H16F3N. The number of halogens is 3. The van der Waals surface area contributed by atoms with Gasteiger partial charge in [0.2, 0.25) is 0 Å². The highest BCUT2D eigenvalue weighted by atomic mass is 19.4. The average Bonchev–Trinajstić information content (AvgIpc) is 2.39. The van der Waals surface area contributed by atoms with Gasteiger partial charge in [0, 0.05) is 12.2 Å². The van der Waals surface area contributed by atoms with Crippen molar-refractivity contribution in [1.29, 1.82) is 0 Å². The minimum absolute atomic E-state index is 0.312. The van der Waals surface area contributed by atoms with E-state index in [0.717, 1.165) is 24.9 Å². The van der Waals surface area contributed by atoms with Crippen molar-refractivity contribution in [1.82, 2.24) is 0 Å². The molecule has 1 heterocycles. The zero-order valence-corrected chi connectivity index (χ0v) is 9.99. The summed E-state index contributed by atoms with van der Waals surface area (Å²) < 4.78 is 38.4. The first-order valence-corrected chi connectivity index (χ1v) is 5.85. The molecule has 1 N–H and O–H groups in total. The minimum atomic E-state index is -4.27. The Morgan fingerprint density at radius 1 is 1.29 bits per heavy atom. The van der Waals surface area contributed by atoms with Crippen LogP contribution in [0.25, 0.3) is 0 Å². The number of hydrogen-bond donors (Lipinski definition) is 1. The second-order valence-electron chi connectivity index (χ2n) is 4.72. The summed E-state index contributed by atoms with van der Waals surface area (Å²) in [7, 11) is 0. The van der Waals surface area contributed by atoms with Gasteiger partial charge in [-0.1, -0.05) is 13.0 Å². The van der Waals surface area contributed by atoms with Crippen LogP contribution in [-0.2, 0) is 6.18 Å². The first-order chi connectivity index (χ1) is 7.89. The lowest BCUT2D eigenvalue weighted by Gasteiger charge is -2.18. The van der Waals surface area contributed by atoms with Gasteiger partial charge in [0.15, 0.2) is 0 Å². The van der Waals surface area contributed by atoms with Crippen LogP contribution in [0.4, 0.5) is 18.9 Å². The quantitative estimate of drug-likeness (QED) is 0.715. The predicted molar refractivity (Wildman–Crippen MR) is 62.3 cm³/mol. The van der Waals surface area contributed by atoms with E-state index in [9.17, 15) is 13.2 Å². The first-order valence-electron chi connectivity index (χ1n) is 5.85. The third-order valence-electron chi connectivity index (χ3n) is 3.36. The number of rotatable bonds is 0. The molecule has 0 saturated carbocycles. The van der Waals surface area contributed by atoms with Crippen LogP contribution >= 0.6 is 0 Å². The van der Waals surface area contributed by atoms with E-state index in [1.807, 2.05) is 0 Å². The van der Waals surface area contributed by atoms with E-state index in [1.54, 1.807) is 6.07 Å². The van der Waals surface area contributed by atoms with Crippen LogP contribution in [0, 0.1) is 6.92 Å². The summed E-state index contributed by atoms with van der Waals surface area (Å²) in [4.78, 5) is 0. The molecule has 1 atom stereocenters. The van der Waals surface area contributed by atoms with Crippen LogP contribution in [0.15, 0.2) is 12.1 Å². The fourth-order valence-corrected chi connectivity index (χ4v) is 2.38. The maximum absolute atomic E-state index is 12.8. The summed E-state index contributed by atoms with van der Waals surface area (Å²) in [5, 5.41) is 3.10. The second-order valence-corrected chi connectivity index (χ2v) is 4.72. The first kappa shape index (κ1) is 12.3. The van der Waals surface area contributed by atoms with Gasteiger partial charge in [0.1, 0.15) is 0 Å². The SMILES string of the molecule is Cc1cc2c(cc1C(F)(F)F)NCCCC2C. The standard InChI is InChI=1S/C13H16F3N/c1-8-4-3-5-17-12-7-11(13(14,15)16)9(2)6-10(8)12/h6-8,17H,3-5H2,1-2H3. The normalized spacial score (nSPS) is 20.4. The molecule has 4 heteroatoms. The lowest BCUT2D eigenvalue weighted by molar-refractivity contribution is -0.138. The van der Waals surface area contributed by atoms with Gasteiger partial charge in [-0.25, -0.2) is 0 Å². The molecule has 0 spiro atoms. The number of aryl methyl sites for hydroxylation is 1. The largest absolute Gasteiger partial charge is 0.416 e. The molecule has 2 rings (SSSR count). The van der Waals surface area contributed by atoms with Gasteiger partial charge in [-0.3, -0.25) is 0 Å². The fourth-order valence-electron chi connectivity index (χ4n) is 2.38. The number of anilines is 1. The third kappa shape index (κ3) is 2.40. The summed E-state index contributed by atoms with van der Waals surface area (Å²) in [6, 6.07) is 2.94. The summed E-state index contributed by atoms with van der Waals surface area (Å²) >= 11 is 0. The second kappa shape index (κ2) is 4.24. The van der Waals surface area contributed by atoms with Gasteiger partial charge >= 0.3 is 6.18 Å². The molecule has 0 amide bonds. The number of fused-ring (bicyclic) bond motifs is 1. The Morgan fingerprint density at radius 3 is 2.65 bits per heavy atom. The summed E-state index contributed by atoms with van der Waals surface area (Å²) in [5.74, 6) is 0.320. The van der Waals surface area contributed by atoms with E-state index >= 15 is 0 Å². The number of hydrogen-bond acceptors (Lipinski definition) is 1. The molecule has 1 nitrogen and oxygen atoms in total. The predicted octanol–water partition coefficient (Wildman–Crippen LogP) is 4.32. The lowest BCUT2D eigenvalue weighted by atomic mass is 9.92. The maximum Gasteiger partial charge on any atom is 0.416 e. The lowest BCUT2D eigenvalue weighted by Crippen LogP contribution is -2.10. The Kier molecular flexibility index (Phi) is 3.06. The van der Waals surface area contributed by atoms with Crippen LogP contribution < -0.4 is 5.32 Å². The Hall–Kier alpha value is -1.19. The van der Waals surface area contributed by atoms with Gasteiger partial charge < -0.3 is 5.32 Å². The maximum atomic E-state index is 12.8. The number of alkyl halides is 3. The molecule has 1 unspecified atom stereocenters. The molecule has 1 aromatic carbocycles. The monoisotopic (exact) mass is 243 g/mol. The van der Waals surface area contributed by atoms with Gasteiger partial charge in [-0.2, -0.15) is 13.2 Å². The average molecular weight is 243 g/mol. The van der Waals surface area contributed by atoms with E-state index in [-0.39, 0.29) is 0 Å². The van der Waals surface area contributed by atoms with Gasteiger partial charge in [-0.15, -0.1) is 0 Å². The van der Waals surface area contributed by atoms with Crippen LogP contribution in [0.1, 0.15) is 42.4 Å². The molecular weight excluding hydrogens is 227 g/mol. The van der Waals surface area contributed by atoms with Crippen LogP contribution in [-0.4, -0.2) is 6.54 Å². The van der Waals surface area contributed by atoms with Crippen molar-refractivity contribution in [3.05, 3.63) is 28.8 Å². The molecule has 0 saturated heterocycles. The summed E-state index contributed by atoms with van der Waals surface area (Å²) in [5.41, 5.74) is 1.44. The Labute approximate surface area is 99.0 Å². The zero-order valence-electron chi connectivity index (χ0n) is 9.99. The van der Waals surface area contributed by atoms with E-state index in [4.69, 9.17) is 0 Å². The molecule has 0 aromatic heterocycles. The van der Waals surface area contributed by atoms with Crippen molar-refractivity contribution in [2.24, 2.45) is 0 Å². The van der Waals surface area contributed by atoms with Gasteiger partial charge in [-0.05, 0) is 42.9 Å². The van der Waals surface area contributed by atoms with Crippen molar-refractivity contribution in [3.8, 4) is 0 Å². The molecule has 17 heavy (non-hydrogen) atoms. The minimum Gasteiger partial charge on any atom is -0.385 e. The van der Waals surface area contributed by atoms with Crippen LogP contribution in [0.2, 0.25) is 0 Å². The molecule has 0 bridgehead atoms. The topological polar surface area (TPSA) is 12.0 Å². The highest BCUT2D eigenvalue weighted by Crippen LogP contribution is 2.38. The highest BCUT2D eigenvalue weighted by molar-refractivity contribution is 5.58. The zero-order chi connectivity index (χ0) is 12.6. The van der Waals surface area contributed by atoms with Crippen molar-refractivity contribution < 1.29 is 13.2 Å². The van der Waals surface area contributed by atoms with Crippen molar-refractivity contribution >= 4 is 5.69 Å². The number of nitrogens with one attached hydrogen (secondary N) is 1. The fraction of sp³-hybridized carbons (Fsp3) is 0.538. The molecule has 1 aromatic rings. The Bertz CT molecular complexity index is 423. The summed E-state index contributed by atoms with van der Waals surface area (Å²) in [6.45, 7) is 4.34. The van der Waals surface area contributed by atoms with Crippen molar-refractivity contribution in [2.45, 2.75) is 38.8 Å². The smallest absolute Gasteiger partial charge is 0.385 e. The van der Waals surface area contributed by atoms with Gasteiger partial charge in [0.05, 0.1) is 5.56 Å². The Morgan fingerprint density at radius 2 is 2.00 bits per heavy atom. The van der Waals surface area contributed by atoms with Crippen molar-refractivity contribution in [2.75, 3.05) is 11.9 Å². The summed E-state index contributed by atoms with van der Waals surface area (Å²) in [6.07, 6.45) is -2.25. The van der Waals surface area contributed by atoms with Crippen molar-refractivity contribution in [3.63, 3.8) is 0 Å². The van der Waals surface area contributed by atoms with Gasteiger partial charge in [0.25, 0.3) is 0 Å². The molecule has 0 fully saturated rings. The van der Waals surface area contributed by atoms with E-state index in [2.05, 4.69) is 12.2 Å². The highest BCUT2D eigenvalue weighted by Gasteiger charge is 2.33. The van der Waals surface area contributed by atoms with E-state index in [0.29, 0.717) is 17.2 Å². The van der Waals surface area contributed by atoms with Crippen LogP contribution in [0.5, 0.6) is 0 Å². The van der Waals surface area contributed by atoms with E-state index in [1.165, 1.54) is 13.0 Å². The third-order valence-corrected chi connectivity index (χ3v) is 3.36. The molecule has 1 aliphatic rings. The van der Waals surface area contributed by atoms with E-state index < -0.39 is 11.7 Å². The molecule has 0 radical (unpaired) electrons. The Balaban J connectivity index is 2.52.